The summed E-state index contributed by atoms with van der Waals surface area (Å²) < 4.78 is 0. The molecule has 0 bridgehead atoms. The van der Waals surface area contributed by atoms with E-state index in [1.54, 1.807) is 0 Å². The molecule has 3 aromatic carbocycles. The van der Waals surface area contributed by atoms with Crippen LogP contribution in [-0.2, 0) is 6.54 Å². The molecule has 0 atom stereocenters. The summed E-state index contributed by atoms with van der Waals surface area (Å²) in [6, 6.07) is 19.5. The van der Waals surface area contributed by atoms with Crippen molar-refractivity contribution < 1.29 is 0 Å². The van der Waals surface area contributed by atoms with Gasteiger partial charge in [-0.15, -0.1) is 0 Å². The van der Waals surface area contributed by atoms with E-state index in [0.717, 1.165) is 13.0 Å². The average molecular weight is 289 g/mol. The highest BCUT2D eigenvalue weighted by Gasteiger charge is 2.06. The van der Waals surface area contributed by atoms with Gasteiger partial charge in [0.25, 0.3) is 0 Å². The van der Waals surface area contributed by atoms with E-state index in [4.69, 9.17) is 0 Å². The Labute approximate surface area is 132 Å². The predicted molar refractivity (Wildman–Crippen MR) is 97.8 cm³/mol. The Morgan fingerprint density at radius 1 is 0.864 bits per heavy atom. The first-order valence-electron chi connectivity index (χ1n) is 8.28. The molecule has 0 unspecified atom stereocenters. The van der Waals surface area contributed by atoms with Crippen LogP contribution < -0.4 is 0 Å². The van der Waals surface area contributed by atoms with Crippen LogP contribution in [0, 0.1) is 0 Å². The summed E-state index contributed by atoms with van der Waals surface area (Å²) in [4.78, 5) is 4.69. The van der Waals surface area contributed by atoms with Crippen molar-refractivity contribution >= 4 is 27.8 Å². The fourth-order valence-corrected chi connectivity index (χ4v) is 3.01. The lowest BCUT2D eigenvalue weighted by Crippen LogP contribution is -1.89. The van der Waals surface area contributed by atoms with Gasteiger partial charge in [0, 0.05) is 0 Å². The third-order valence-electron chi connectivity index (χ3n) is 4.20. The van der Waals surface area contributed by atoms with E-state index in [1.807, 2.05) is 0 Å². The van der Waals surface area contributed by atoms with Crippen molar-refractivity contribution in [3.05, 3.63) is 60.2 Å². The van der Waals surface area contributed by atoms with Gasteiger partial charge in [-0.25, -0.2) is 0 Å². The van der Waals surface area contributed by atoms with Crippen LogP contribution in [0.25, 0.3) is 21.5 Å². The van der Waals surface area contributed by atoms with Crippen molar-refractivity contribution in [3.63, 3.8) is 0 Å². The highest BCUT2D eigenvalue weighted by atomic mass is 14.7. The maximum absolute atomic E-state index is 4.69. The first kappa shape index (κ1) is 14.8. The van der Waals surface area contributed by atoms with Gasteiger partial charge < -0.3 is 0 Å². The topological polar surface area (TPSA) is 12.4 Å². The molecule has 0 heterocycles. The molecule has 0 aromatic heterocycles. The van der Waals surface area contributed by atoms with E-state index >= 15 is 0 Å². The summed E-state index contributed by atoms with van der Waals surface area (Å²) in [5.74, 6) is 0. The molecule has 1 heteroatoms. The lowest BCUT2D eigenvalue weighted by atomic mass is 9.97. The van der Waals surface area contributed by atoms with E-state index in [0.29, 0.717) is 0 Å². The molecule has 112 valence electrons. The summed E-state index contributed by atoms with van der Waals surface area (Å²) in [5, 5.41) is 5.26. The van der Waals surface area contributed by atoms with Gasteiger partial charge in [0.15, 0.2) is 0 Å². The fraction of sp³-hybridized carbons (Fsp3) is 0.286. The van der Waals surface area contributed by atoms with Crippen molar-refractivity contribution in [2.45, 2.75) is 39.2 Å². The number of hydrogen-bond acceptors (Lipinski definition) is 1. The fourth-order valence-electron chi connectivity index (χ4n) is 3.01. The average Bonchev–Trinajstić information content (AvgIpc) is 2.57. The number of aliphatic imine (C=N–C) groups is 1. The lowest BCUT2D eigenvalue weighted by Gasteiger charge is -2.09. The summed E-state index contributed by atoms with van der Waals surface area (Å²) in [7, 11) is 0. The predicted octanol–water partition coefficient (Wildman–Crippen LogP) is 6.14. The Morgan fingerprint density at radius 3 is 2.14 bits per heavy atom. The SMILES string of the molecule is CCCCCC=NCc1c2ccccc2cc2ccccc12. The molecule has 0 radical (unpaired) electrons. The quantitative estimate of drug-likeness (QED) is 0.293. The summed E-state index contributed by atoms with van der Waals surface area (Å²) >= 11 is 0. The molecule has 0 amide bonds. The Bertz CT molecular complexity index is 732. The van der Waals surface area contributed by atoms with E-state index < -0.39 is 0 Å². The number of nitrogens with zero attached hydrogens (tertiary/aromatic N) is 1. The van der Waals surface area contributed by atoms with Gasteiger partial charge in [0.05, 0.1) is 6.54 Å². The van der Waals surface area contributed by atoms with Gasteiger partial charge in [-0.1, -0.05) is 68.3 Å². The largest absolute Gasteiger partial charge is 0.293 e. The Balaban J connectivity index is 1.94. The van der Waals surface area contributed by atoms with Gasteiger partial charge in [-0.2, -0.15) is 0 Å². The van der Waals surface area contributed by atoms with Crippen molar-refractivity contribution in [1.29, 1.82) is 0 Å². The van der Waals surface area contributed by atoms with Crippen molar-refractivity contribution in [2.75, 3.05) is 0 Å². The molecule has 0 aliphatic heterocycles. The van der Waals surface area contributed by atoms with Gasteiger partial charge in [-0.3, -0.25) is 4.99 Å². The number of fused-ring (bicyclic) bond motifs is 2. The third kappa shape index (κ3) is 3.19. The van der Waals surface area contributed by atoms with Gasteiger partial charge in [0.1, 0.15) is 0 Å². The standard InChI is InChI=1S/C21H23N/c1-2-3-4-9-14-22-16-21-19-12-7-5-10-17(19)15-18-11-6-8-13-20(18)21/h5-8,10-15H,2-4,9,16H2,1H3. The smallest absolute Gasteiger partial charge is 0.0647 e. The van der Waals surface area contributed by atoms with Gasteiger partial charge in [0.2, 0.25) is 0 Å². The Morgan fingerprint density at radius 2 is 1.50 bits per heavy atom. The first-order chi connectivity index (χ1) is 10.9. The molecule has 1 nitrogen and oxygen atoms in total. The second-order valence-electron chi connectivity index (χ2n) is 5.82. The molecule has 3 rings (SSSR count). The molecule has 0 saturated carbocycles. The van der Waals surface area contributed by atoms with Crippen LogP contribution >= 0.6 is 0 Å². The molecule has 0 saturated heterocycles. The lowest BCUT2D eigenvalue weighted by molar-refractivity contribution is 0.745. The third-order valence-corrected chi connectivity index (χ3v) is 4.20. The van der Waals surface area contributed by atoms with Crippen LogP contribution in [0.3, 0.4) is 0 Å². The van der Waals surface area contributed by atoms with Crippen LogP contribution in [0.15, 0.2) is 59.6 Å². The maximum Gasteiger partial charge on any atom is 0.0647 e. The molecular formula is C21H23N. The van der Waals surface area contributed by atoms with E-state index in [9.17, 15) is 0 Å². The molecule has 0 fully saturated rings. The number of benzene rings is 3. The van der Waals surface area contributed by atoms with E-state index in [1.165, 1.54) is 46.4 Å². The zero-order chi connectivity index (χ0) is 15.2. The summed E-state index contributed by atoms with van der Waals surface area (Å²) in [6.07, 6.45) is 7.00. The molecule has 3 aromatic rings. The number of rotatable bonds is 6. The zero-order valence-electron chi connectivity index (χ0n) is 13.3. The number of hydrogen-bond donors (Lipinski definition) is 0. The monoisotopic (exact) mass is 289 g/mol. The molecule has 0 aliphatic carbocycles. The van der Waals surface area contributed by atoms with Crippen molar-refractivity contribution in [2.24, 2.45) is 4.99 Å². The summed E-state index contributed by atoms with van der Waals surface area (Å²) in [6.45, 7) is 3.01. The molecule has 0 spiro atoms. The van der Waals surface area contributed by atoms with Crippen molar-refractivity contribution in [1.82, 2.24) is 0 Å². The Kier molecular flexibility index (Phi) is 4.85. The first-order valence-corrected chi connectivity index (χ1v) is 8.28. The molecular weight excluding hydrogens is 266 g/mol. The Hall–Kier alpha value is -2.15. The zero-order valence-corrected chi connectivity index (χ0v) is 13.3. The van der Waals surface area contributed by atoms with Gasteiger partial charge in [-0.05, 0) is 52.2 Å². The minimum Gasteiger partial charge on any atom is -0.293 e. The van der Waals surface area contributed by atoms with Crippen LogP contribution in [0.5, 0.6) is 0 Å². The van der Waals surface area contributed by atoms with Crippen LogP contribution in [0.4, 0.5) is 0 Å². The maximum atomic E-state index is 4.69. The highest BCUT2D eigenvalue weighted by Crippen LogP contribution is 2.28. The number of unbranched alkanes of at least 4 members (excludes halogenated alkanes) is 3. The molecule has 0 aliphatic rings. The van der Waals surface area contributed by atoms with Crippen LogP contribution in [0.1, 0.15) is 38.2 Å². The van der Waals surface area contributed by atoms with E-state index in [-0.39, 0.29) is 0 Å². The second kappa shape index (κ2) is 7.22. The molecule has 0 N–H and O–H groups in total. The molecule has 22 heavy (non-hydrogen) atoms. The highest BCUT2D eigenvalue weighted by molar-refractivity contribution is 6.02. The minimum atomic E-state index is 0.772. The summed E-state index contributed by atoms with van der Waals surface area (Å²) in [5.41, 5.74) is 1.35. The minimum absolute atomic E-state index is 0.772. The van der Waals surface area contributed by atoms with Crippen molar-refractivity contribution in [3.8, 4) is 0 Å². The van der Waals surface area contributed by atoms with Gasteiger partial charge >= 0.3 is 0 Å². The van der Waals surface area contributed by atoms with Crippen LogP contribution in [0.2, 0.25) is 0 Å². The normalized spacial score (nSPS) is 11.7. The van der Waals surface area contributed by atoms with E-state index in [2.05, 4.69) is 72.7 Å². The second-order valence-corrected chi connectivity index (χ2v) is 5.82. The van der Waals surface area contributed by atoms with Crippen LogP contribution in [-0.4, -0.2) is 6.21 Å².